The second kappa shape index (κ2) is 13.4. The SMILES string of the molecule is CCNCC1Oc2cc3c(cc2O1)C1(CCC(Nc2cccc(Cl)c2)(C(=O)O)CC1)[C@@H](C[C@@H](C)COc1ccnc2c1[C@H](C)CCC2)C3. The van der Waals surface area contributed by atoms with Gasteiger partial charge in [0, 0.05) is 28.2 Å². The minimum Gasteiger partial charge on any atom is -0.493 e. The molecule has 2 heterocycles. The highest BCUT2D eigenvalue weighted by Crippen LogP contribution is 2.58. The second-order valence-corrected chi connectivity index (χ2v) is 15.1. The van der Waals surface area contributed by atoms with Gasteiger partial charge in [-0.15, -0.1) is 0 Å². The number of anilines is 1. The molecule has 2 aromatic carbocycles. The molecule has 8 nitrogen and oxygen atoms in total. The van der Waals surface area contributed by atoms with E-state index in [1.807, 2.05) is 24.4 Å². The van der Waals surface area contributed by atoms with Gasteiger partial charge in [0.2, 0.25) is 0 Å². The molecule has 3 aliphatic carbocycles. The van der Waals surface area contributed by atoms with Crippen molar-refractivity contribution in [2.75, 3.05) is 25.0 Å². The first-order valence-electron chi connectivity index (χ1n) is 17.8. The number of halogens is 1. The number of nitrogens with zero attached hydrogens (tertiary/aromatic N) is 1. The largest absolute Gasteiger partial charge is 0.493 e. The third-order valence-electron chi connectivity index (χ3n) is 11.4. The van der Waals surface area contributed by atoms with E-state index < -0.39 is 11.5 Å². The van der Waals surface area contributed by atoms with E-state index in [4.69, 9.17) is 25.8 Å². The van der Waals surface area contributed by atoms with E-state index in [1.165, 1.54) is 35.2 Å². The Kier molecular flexibility index (Phi) is 9.24. The number of nitrogens with one attached hydrogen (secondary N) is 2. The summed E-state index contributed by atoms with van der Waals surface area (Å²) in [4.78, 5) is 17.6. The van der Waals surface area contributed by atoms with E-state index in [1.54, 1.807) is 12.1 Å². The summed E-state index contributed by atoms with van der Waals surface area (Å²) in [7, 11) is 0. The number of hydrogen-bond donors (Lipinski definition) is 3. The maximum absolute atomic E-state index is 12.9. The van der Waals surface area contributed by atoms with Crippen LogP contribution in [0.5, 0.6) is 17.2 Å². The monoisotopic (exact) mass is 673 g/mol. The number of hydrogen-bond acceptors (Lipinski definition) is 7. The highest BCUT2D eigenvalue weighted by atomic mass is 35.5. The number of carboxylic acids is 1. The van der Waals surface area contributed by atoms with Crippen LogP contribution in [0.1, 0.15) is 94.0 Å². The fourth-order valence-corrected chi connectivity index (χ4v) is 9.14. The Morgan fingerprint density at radius 3 is 2.69 bits per heavy atom. The molecule has 1 fully saturated rings. The van der Waals surface area contributed by atoms with Crippen molar-refractivity contribution < 1.29 is 24.1 Å². The van der Waals surface area contributed by atoms with Gasteiger partial charge in [0.25, 0.3) is 6.29 Å². The lowest BCUT2D eigenvalue weighted by atomic mass is 9.59. The van der Waals surface area contributed by atoms with Crippen LogP contribution in [0.4, 0.5) is 5.69 Å². The summed E-state index contributed by atoms with van der Waals surface area (Å²) < 4.78 is 19.0. The van der Waals surface area contributed by atoms with Crippen molar-refractivity contribution in [1.82, 2.24) is 10.3 Å². The van der Waals surface area contributed by atoms with Gasteiger partial charge < -0.3 is 30.0 Å². The number of benzene rings is 2. The number of likely N-dealkylation sites (N-methyl/N-ethyl adjacent to an activating group) is 1. The Balaban J connectivity index is 1.14. The zero-order chi connectivity index (χ0) is 33.5. The Hall–Kier alpha value is -3.49. The van der Waals surface area contributed by atoms with Crippen molar-refractivity contribution in [3.8, 4) is 17.2 Å². The number of ether oxygens (including phenoxy) is 3. The molecule has 1 spiro atoms. The van der Waals surface area contributed by atoms with Gasteiger partial charge in [-0.3, -0.25) is 4.98 Å². The van der Waals surface area contributed by atoms with Crippen LogP contribution >= 0.6 is 11.6 Å². The average Bonchev–Trinajstić information content (AvgIpc) is 3.60. The zero-order valence-corrected chi connectivity index (χ0v) is 29.1. The Morgan fingerprint density at radius 2 is 1.94 bits per heavy atom. The van der Waals surface area contributed by atoms with Crippen LogP contribution in [0.2, 0.25) is 5.02 Å². The van der Waals surface area contributed by atoms with Crippen molar-refractivity contribution in [3.63, 3.8) is 0 Å². The van der Waals surface area contributed by atoms with Crippen LogP contribution in [-0.2, 0) is 23.1 Å². The van der Waals surface area contributed by atoms with Gasteiger partial charge in [-0.2, -0.15) is 0 Å². The normalized spacial score (nSPS) is 27.7. The van der Waals surface area contributed by atoms with Gasteiger partial charge >= 0.3 is 5.97 Å². The van der Waals surface area contributed by atoms with E-state index >= 15 is 0 Å². The highest BCUT2D eigenvalue weighted by Gasteiger charge is 2.54. The number of pyridine rings is 1. The lowest BCUT2D eigenvalue weighted by Gasteiger charge is -2.47. The predicted molar refractivity (Wildman–Crippen MR) is 188 cm³/mol. The number of rotatable bonds is 11. The molecule has 0 saturated heterocycles. The molecule has 48 heavy (non-hydrogen) atoms. The lowest BCUT2D eigenvalue weighted by Crippen LogP contribution is -2.53. The van der Waals surface area contributed by atoms with Gasteiger partial charge in [0.15, 0.2) is 11.5 Å². The molecule has 1 saturated carbocycles. The lowest BCUT2D eigenvalue weighted by molar-refractivity contribution is -0.144. The van der Waals surface area contributed by atoms with E-state index in [9.17, 15) is 9.90 Å². The number of carboxylic acid groups (broad SMARTS) is 1. The van der Waals surface area contributed by atoms with Crippen molar-refractivity contribution in [3.05, 3.63) is 76.1 Å². The molecule has 1 aliphatic heterocycles. The third-order valence-corrected chi connectivity index (χ3v) is 11.7. The smallest absolute Gasteiger partial charge is 0.329 e. The fraction of sp³-hybridized carbons (Fsp3) is 0.538. The van der Waals surface area contributed by atoms with Crippen LogP contribution in [0.15, 0.2) is 48.7 Å². The Bertz CT molecular complexity index is 1650. The molecule has 0 radical (unpaired) electrons. The molecule has 7 rings (SSSR count). The van der Waals surface area contributed by atoms with Gasteiger partial charge in [-0.1, -0.05) is 38.4 Å². The molecule has 4 aliphatic rings. The van der Waals surface area contributed by atoms with Gasteiger partial charge in [-0.25, -0.2) is 4.79 Å². The highest BCUT2D eigenvalue weighted by molar-refractivity contribution is 6.30. The van der Waals surface area contributed by atoms with Gasteiger partial charge in [0.05, 0.1) is 13.2 Å². The number of carbonyl (C=O) groups is 1. The quantitative estimate of drug-likeness (QED) is 0.189. The number of fused-ring (bicyclic) bond motifs is 4. The standard InChI is InChI=1S/C39H48ClN3O5/c1-4-41-22-35-47-33-19-26-18-27(17-24(2)23-46-32-11-16-42-31-10-5-7-25(3)36(31)32)38(30(26)21-34(33)48-35)12-14-39(15-13-38,37(44)45)43-29-9-6-8-28(40)20-29/h6,8-9,11,16,19-21,24-25,27,35,41,43H,4-5,7,10,12-15,17-18,22-23H2,1-3H3,(H,44,45)/t24-,25-,27+,35?,38?,39?/m1/s1. The van der Waals surface area contributed by atoms with Gasteiger partial charge in [-0.05, 0) is 135 Å². The Labute approximate surface area is 288 Å². The maximum Gasteiger partial charge on any atom is 0.329 e. The maximum atomic E-state index is 12.9. The van der Waals surface area contributed by atoms with Crippen molar-refractivity contribution in [2.24, 2.45) is 11.8 Å². The summed E-state index contributed by atoms with van der Waals surface area (Å²) in [6, 6.07) is 13.8. The molecular weight excluding hydrogens is 626 g/mol. The summed E-state index contributed by atoms with van der Waals surface area (Å²) in [6.45, 7) is 8.74. The molecule has 0 bridgehead atoms. The fourth-order valence-electron chi connectivity index (χ4n) is 8.95. The summed E-state index contributed by atoms with van der Waals surface area (Å²) >= 11 is 6.27. The van der Waals surface area contributed by atoms with E-state index in [0.29, 0.717) is 48.8 Å². The van der Waals surface area contributed by atoms with E-state index in [0.717, 1.165) is 61.6 Å². The van der Waals surface area contributed by atoms with E-state index in [2.05, 4.69) is 48.5 Å². The minimum atomic E-state index is -1.07. The van der Waals surface area contributed by atoms with Crippen molar-refractivity contribution in [1.29, 1.82) is 0 Å². The Morgan fingerprint density at radius 1 is 1.15 bits per heavy atom. The van der Waals surface area contributed by atoms with Crippen LogP contribution in [-0.4, -0.2) is 47.6 Å². The molecule has 256 valence electrons. The summed E-state index contributed by atoms with van der Waals surface area (Å²) in [6.07, 6.45) is 9.35. The second-order valence-electron chi connectivity index (χ2n) is 14.6. The zero-order valence-electron chi connectivity index (χ0n) is 28.3. The predicted octanol–water partition coefficient (Wildman–Crippen LogP) is 7.91. The first kappa shape index (κ1) is 33.0. The van der Waals surface area contributed by atoms with Gasteiger partial charge in [0.1, 0.15) is 11.3 Å². The van der Waals surface area contributed by atoms with Crippen molar-refractivity contribution >= 4 is 23.3 Å². The summed E-state index contributed by atoms with van der Waals surface area (Å²) in [5.74, 6) is 2.87. The first-order chi connectivity index (χ1) is 23.2. The molecule has 1 aromatic heterocycles. The third kappa shape index (κ3) is 6.22. The summed E-state index contributed by atoms with van der Waals surface area (Å²) in [5.41, 5.74) is 4.56. The summed E-state index contributed by atoms with van der Waals surface area (Å²) in [5, 5.41) is 17.9. The topological polar surface area (TPSA) is 102 Å². The van der Waals surface area contributed by atoms with Crippen LogP contribution in [0, 0.1) is 11.8 Å². The van der Waals surface area contributed by atoms with Crippen LogP contribution in [0.3, 0.4) is 0 Å². The molecule has 3 N–H and O–H groups in total. The molecular formula is C39H48ClN3O5. The van der Waals surface area contributed by atoms with Crippen LogP contribution < -0.4 is 24.8 Å². The average molecular weight is 674 g/mol. The number of aryl methyl sites for hydroxylation is 1. The molecule has 9 heteroatoms. The van der Waals surface area contributed by atoms with E-state index in [-0.39, 0.29) is 11.7 Å². The van der Waals surface area contributed by atoms with Crippen molar-refractivity contribution in [2.45, 2.75) is 102 Å². The molecule has 4 atom stereocenters. The molecule has 0 amide bonds. The number of aliphatic carboxylic acids is 1. The number of aromatic nitrogens is 1. The molecule has 1 unspecified atom stereocenters. The molecule has 3 aromatic rings. The first-order valence-corrected chi connectivity index (χ1v) is 18.2. The minimum absolute atomic E-state index is 0.166. The van der Waals surface area contributed by atoms with Crippen LogP contribution in [0.25, 0.3) is 0 Å².